The van der Waals surface area contributed by atoms with Gasteiger partial charge in [0.15, 0.2) is 0 Å². The second-order valence-corrected chi connectivity index (χ2v) is 4.92. The molecule has 2 heterocycles. The average Bonchev–Trinajstić information content (AvgIpc) is 2.77. The summed E-state index contributed by atoms with van der Waals surface area (Å²) < 4.78 is 1.96. The molecule has 96 valence electrons. The summed E-state index contributed by atoms with van der Waals surface area (Å²) in [6.07, 6.45) is 4.56. The van der Waals surface area contributed by atoms with Crippen LogP contribution in [0.5, 0.6) is 0 Å². The van der Waals surface area contributed by atoms with Gasteiger partial charge in [-0.05, 0) is 44.5 Å². The Morgan fingerprint density at radius 1 is 1.33 bits per heavy atom. The quantitative estimate of drug-likeness (QED) is 0.898. The summed E-state index contributed by atoms with van der Waals surface area (Å²) in [5.41, 5.74) is 9.35. The van der Waals surface area contributed by atoms with Crippen molar-refractivity contribution in [2.75, 3.05) is 0 Å². The lowest BCUT2D eigenvalue weighted by molar-refractivity contribution is 0.522. The van der Waals surface area contributed by atoms with E-state index in [1.807, 2.05) is 36.0 Å². The Kier molecular flexibility index (Phi) is 3.77. The number of nitrogens with two attached hydrogens (primary N) is 1. The van der Waals surface area contributed by atoms with Crippen molar-refractivity contribution in [3.8, 4) is 0 Å². The molecule has 0 bridgehead atoms. The molecule has 0 saturated carbocycles. The van der Waals surface area contributed by atoms with Crippen molar-refractivity contribution in [3.05, 3.63) is 47.5 Å². The van der Waals surface area contributed by atoms with Gasteiger partial charge in [-0.15, -0.1) is 0 Å². The minimum Gasteiger partial charge on any atom is -0.324 e. The van der Waals surface area contributed by atoms with E-state index in [1.54, 1.807) is 6.20 Å². The summed E-state index contributed by atoms with van der Waals surface area (Å²) in [5, 5.41) is 4.52. The Hall–Kier alpha value is -1.68. The van der Waals surface area contributed by atoms with Gasteiger partial charge in [-0.1, -0.05) is 0 Å². The summed E-state index contributed by atoms with van der Waals surface area (Å²) >= 11 is 0. The number of hydrogen-bond donors (Lipinski definition) is 1. The zero-order valence-electron chi connectivity index (χ0n) is 11.2. The molecule has 18 heavy (non-hydrogen) atoms. The highest BCUT2D eigenvalue weighted by Gasteiger charge is 2.10. The minimum absolute atomic E-state index is 0.0257. The first kappa shape index (κ1) is 12.8. The van der Waals surface area contributed by atoms with Crippen LogP contribution in [-0.4, -0.2) is 14.8 Å². The van der Waals surface area contributed by atoms with E-state index in [9.17, 15) is 0 Å². The number of aryl methyl sites for hydroxylation is 1. The van der Waals surface area contributed by atoms with Crippen LogP contribution in [0.3, 0.4) is 0 Å². The van der Waals surface area contributed by atoms with Crippen LogP contribution < -0.4 is 5.73 Å². The monoisotopic (exact) mass is 244 g/mol. The van der Waals surface area contributed by atoms with Crippen LogP contribution in [0.4, 0.5) is 0 Å². The molecule has 0 radical (unpaired) electrons. The average molecular weight is 244 g/mol. The van der Waals surface area contributed by atoms with E-state index in [0.717, 1.165) is 23.4 Å². The normalized spacial score (nSPS) is 12.9. The summed E-state index contributed by atoms with van der Waals surface area (Å²) in [7, 11) is 0. The fourth-order valence-electron chi connectivity index (χ4n) is 1.92. The smallest absolute Gasteiger partial charge is 0.0643 e. The maximum atomic E-state index is 6.20. The number of pyridine rings is 1. The zero-order valence-corrected chi connectivity index (χ0v) is 11.2. The fraction of sp³-hybridized carbons (Fsp3) is 0.429. The summed E-state index contributed by atoms with van der Waals surface area (Å²) in [6.45, 7) is 6.20. The molecule has 4 heteroatoms. The highest BCUT2D eigenvalue weighted by molar-refractivity contribution is 5.20. The van der Waals surface area contributed by atoms with Crippen molar-refractivity contribution in [3.63, 3.8) is 0 Å². The van der Waals surface area contributed by atoms with Crippen molar-refractivity contribution in [2.24, 2.45) is 5.73 Å². The first-order chi connectivity index (χ1) is 8.56. The van der Waals surface area contributed by atoms with E-state index < -0.39 is 0 Å². The SMILES string of the molecule is Cc1cc(C(N)Cc2ccn(C(C)C)n2)ccn1. The van der Waals surface area contributed by atoms with E-state index in [-0.39, 0.29) is 6.04 Å². The highest BCUT2D eigenvalue weighted by atomic mass is 15.3. The third-order valence-electron chi connectivity index (χ3n) is 2.97. The molecule has 4 nitrogen and oxygen atoms in total. The van der Waals surface area contributed by atoms with E-state index in [1.165, 1.54) is 0 Å². The number of rotatable bonds is 4. The molecular weight excluding hydrogens is 224 g/mol. The molecule has 2 rings (SSSR count). The molecule has 1 unspecified atom stereocenters. The minimum atomic E-state index is -0.0257. The van der Waals surface area contributed by atoms with Crippen molar-refractivity contribution in [1.82, 2.24) is 14.8 Å². The van der Waals surface area contributed by atoms with Crippen LogP contribution in [0.2, 0.25) is 0 Å². The van der Waals surface area contributed by atoms with Gasteiger partial charge in [0, 0.05) is 36.6 Å². The van der Waals surface area contributed by atoms with Crippen LogP contribution in [0.25, 0.3) is 0 Å². The van der Waals surface area contributed by atoms with Crippen LogP contribution in [0.15, 0.2) is 30.6 Å². The summed E-state index contributed by atoms with van der Waals surface area (Å²) in [5.74, 6) is 0. The second-order valence-electron chi connectivity index (χ2n) is 4.92. The van der Waals surface area contributed by atoms with Crippen molar-refractivity contribution < 1.29 is 0 Å². The Morgan fingerprint density at radius 2 is 2.11 bits per heavy atom. The van der Waals surface area contributed by atoms with Gasteiger partial charge in [0.1, 0.15) is 0 Å². The molecule has 0 aliphatic rings. The molecule has 2 N–H and O–H groups in total. The van der Waals surface area contributed by atoms with Crippen molar-refractivity contribution in [2.45, 2.75) is 39.3 Å². The fourth-order valence-corrected chi connectivity index (χ4v) is 1.92. The molecule has 0 spiro atoms. The largest absolute Gasteiger partial charge is 0.324 e. The van der Waals surface area contributed by atoms with Crippen LogP contribution in [-0.2, 0) is 6.42 Å². The predicted molar refractivity (Wildman–Crippen MR) is 72.2 cm³/mol. The Bertz CT molecular complexity index is 516. The molecule has 0 aliphatic carbocycles. The summed E-state index contributed by atoms with van der Waals surface area (Å²) in [6, 6.07) is 6.40. The van der Waals surface area contributed by atoms with Gasteiger partial charge in [0.25, 0.3) is 0 Å². The van der Waals surface area contributed by atoms with E-state index >= 15 is 0 Å². The van der Waals surface area contributed by atoms with E-state index in [0.29, 0.717) is 6.04 Å². The number of nitrogens with zero attached hydrogens (tertiary/aromatic N) is 3. The highest BCUT2D eigenvalue weighted by Crippen LogP contribution is 2.16. The van der Waals surface area contributed by atoms with Crippen molar-refractivity contribution >= 4 is 0 Å². The van der Waals surface area contributed by atoms with Crippen LogP contribution in [0.1, 0.15) is 42.9 Å². The topological polar surface area (TPSA) is 56.7 Å². The lowest BCUT2D eigenvalue weighted by atomic mass is 10.0. The van der Waals surface area contributed by atoms with E-state index in [2.05, 4.69) is 23.9 Å². The molecule has 2 aromatic heterocycles. The third kappa shape index (κ3) is 2.96. The van der Waals surface area contributed by atoms with Gasteiger partial charge in [0.2, 0.25) is 0 Å². The van der Waals surface area contributed by atoms with Crippen LogP contribution in [0, 0.1) is 6.92 Å². The van der Waals surface area contributed by atoms with Crippen molar-refractivity contribution in [1.29, 1.82) is 0 Å². The maximum absolute atomic E-state index is 6.20. The van der Waals surface area contributed by atoms with Gasteiger partial charge in [-0.2, -0.15) is 5.10 Å². The van der Waals surface area contributed by atoms with Gasteiger partial charge in [-0.3, -0.25) is 9.67 Å². The first-order valence-corrected chi connectivity index (χ1v) is 6.28. The molecule has 2 aromatic rings. The zero-order chi connectivity index (χ0) is 13.1. The molecule has 0 aromatic carbocycles. The maximum Gasteiger partial charge on any atom is 0.0643 e. The molecule has 0 fully saturated rings. The molecule has 0 amide bonds. The second kappa shape index (κ2) is 5.31. The molecule has 0 saturated heterocycles. The Morgan fingerprint density at radius 3 is 2.72 bits per heavy atom. The lowest BCUT2D eigenvalue weighted by Crippen LogP contribution is -2.14. The lowest BCUT2D eigenvalue weighted by Gasteiger charge is -2.11. The van der Waals surface area contributed by atoms with Gasteiger partial charge >= 0.3 is 0 Å². The summed E-state index contributed by atoms with van der Waals surface area (Å²) in [4.78, 5) is 4.18. The Labute approximate surface area is 108 Å². The third-order valence-corrected chi connectivity index (χ3v) is 2.97. The van der Waals surface area contributed by atoms with Gasteiger partial charge in [0.05, 0.1) is 5.69 Å². The number of hydrogen-bond acceptors (Lipinski definition) is 3. The molecular formula is C14H20N4. The first-order valence-electron chi connectivity index (χ1n) is 6.28. The molecule has 1 atom stereocenters. The van der Waals surface area contributed by atoms with Crippen LogP contribution >= 0.6 is 0 Å². The van der Waals surface area contributed by atoms with Gasteiger partial charge in [-0.25, -0.2) is 0 Å². The standard InChI is InChI=1S/C14H20N4/c1-10(2)18-7-5-13(17-18)9-14(15)12-4-6-16-11(3)8-12/h4-8,10,14H,9,15H2,1-3H3. The molecule has 0 aliphatic heterocycles. The number of aromatic nitrogens is 3. The predicted octanol–water partition coefficient (Wildman–Crippen LogP) is 2.41. The Balaban J connectivity index is 2.08. The van der Waals surface area contributed by atoms with E-state index in [4.69, 9.17) is 5.73 Å². The van der Waals surface area contributed by atoms with Gasteiger partial charge < -0.3 is 5.73 Å².